The van der Waals surface area contributed by atoms with E-state index in [0.717, 1.165) is 12.0 Å². The maximum atomic E-state index is 13.6. The number of nitrogens with two attached hydrogens (primary N) is 1. The molecule has 2 rings (SSSR count). The van der Waals surface area contributed by atoms with Crippen LogP contribution >= 0.6 is 0 Å². The SMILES string of the molecule is COc1ccc(NC(=O)c2ccc(CCN)cc2)cc1F. The third-order valence-corrected chi connectivity index (χ3v) is 3.06. The summed E-state index contributed by atoms with van der Waals surface area (Å²) >= 11 is 0. The molecule has 0 aromatic heterocycles. The molecule has 0 aliphatic carbocycles. The molecule has 2 aromatic carbocycles. The highest BCUT2D eigenvalue weighted by molar-refractivity contribution is 6.04. The average molecular weight is 288 g/mol. The van der Waals surface area contributed by atoms with Gasteiger partial charge >= 0.3 is 0 Å². The third kappa shape index (κ3) is 3.79. The van der Waals surface area contributed by atoms with Gasteiger partial charge in [0.15, 0.2) is 11.6 Å². The number of nitrogens with one attached hydrogen (secondary N) is 1. The lowest BCUT2D eigenvalue weighted by Gasteiger charge is -2.08. The molecule has 4 nitrogen and oxygen atoms in total. The molecule has 21 heavy (non-hydrogen) atoms. The van der Waals surface area contributed by atoms with E-state index in [-0.39, 0.29) is 11.7 Å². The van der Waals surface area contributed by atoms with Crippen molar-refractivity contribution in [2.24, 2.45) is 5.73 Å². The van der Waals surface area contributed by atoms with Crippen molar-refractivity contribution in [3.05, 3.63) is 59.4 Å². The number of anilines is 1. The Bertz CT molecular complexity index is 627. The van der Waals surface area contributed by atoms with Gasteiger partial charge in [-0.1, -0.05) is 12.1 Å². The van der Waals surface area contributed by atoms with E-state index in [1.165, 1.54) is 19.2 Å². The van der Waals surface area contributed by atoms with Gasteiger partial charge in [0.2, 0.25) is 0 Å². The van der Waals surface area contributed by atoms with Crippen molar-refractivity contribution in [3.8, 4) is 5.75 Å². The van der Waals surface area contributed by atoms with Crippen molar-refractivity contribution in [1.29, 1.82) is 0 Å². The minimum Gasteiger partial charge on any atom is -0.494 e. The Morgan fingerprint density at radius 2 is 1.95 bits per heavy atom. The summed E-state index contributed by atoms with van der Waals surface area (Å²) < 4.78 is 18.4. The summed E-state index contributed by atoms with van der Waals surface area (Å²) in [6, 6.07) is 11.4. The molecule has 3 N–H and O–H groups in total. The van der Waals surface area contributed by atoms with Crippen LogP contribution in [0.3, 0.4) is 0 Å². The Hall–Kier alpha value is -2.40. The fourth-order valence-electron chi connectivity index (χ4n) is 1.94. The summed E-state index contributed by atoms with van der Waals surface area (Å²) in [7, 11) is 1.39. The molecule has 0 radical (unpaired) electrons. The highest BCUT2D eigenvalue weighted by Gasteiger charge is 2.08. The maximum Gasteiger partial charge on any atom is 0.255 e. The largest absolute Gasteiger partial charge is 0.494 e. The number of amides is 1. The smallest absolute Gasteiger partial charge is 0.255 e. The maximum absolute atomic E-state index is 13.6. The highest BCUT2D eigenvalue weighted by Crippen LogP contribution is 2.21. The van der Waals surface area contributed by atoms with E-state index in [1.54, 1.807) is 18.2 Å². The van der Waals surface area contributed by atoms with Crippen molar-refractivity contribution in [2.45, 2.75) is 6.42 Å². The number of methoxy groups -OCH3 is 1. The van der Waals surface area contributed by atoms with Gasteiger partial charge in [0.25, 0.3) is 5.91 Å². The summed E-state index contributed by atoms with van der Waals surface area (Å²) in [5.41, 5.74) is 7.43. The summed E-state index contributed by atoms with van der Waals surface area (Å²) in [5.74, 6) is -0.674. The van der Waals surface area contributed by atoms with Crippen molar-refractivity contribution in [2.75, 3.05) is 19.0 Å². The van der Waals surface area contributed by atoms with Crippen LogP contribution in [0.2, 0.25) is 0 Å². The Balaban J connectivity index is 2.08. The molecule has 2 aromatic rings. The number of carbonyl (C=O) groups is 1. The molecule has 0 spiro atoms. The Kier molecular flexibility index (Phi) is 4.90. The number of hydrogen-bond donors (Lipinski definition) is 2. The second kappa shape index (κ2) is 6.85. The van der Waals surface area contributed by atoms with Crippen LogP contribution in [0.4, 0.5) is 10.1 Å². The Morgan fingerprint density at radius 3 is 2.52 bits per heavy atom. The molecule has 5 heteroatoms. The van der Waals surface area contributed by atoms with Crippen LogP contribution in [0.1, 0.15) is 15.9 Å². The molecule has 110 valence electrons. The minimum atomic E-state index is -0.520. The quantitative estimate of drug-likeness (QED) is 0.888. The Morgan fingerprint density at radius 1 is 1.24 bits per heavy atom. The standard InChI is InChI=1S/C16H17FN2O2/c1-21-15-7-6-13(10-14(15)17)19-16(20)12-4-2-11(3-5-12)8-9-18/h2-7,10H,8-9,18H2,1H3,(H,19,20). The molecule has 0 aliphatic rings. The molecule has 0 atom stereocenters. The first-order chi connectivity index (χ1) is 10.1. The summed E-state index contributed by atoms with van der Waals surface area (Å²) in [4.78, 5) is 12.1. The first kappa shape index (κ1) is 15.0. The van der Waals surface area contributed by atoms with E-state index in [9.17, 15) is 9.18 Å². The molecule has 0 fully saturated rings. The normalized spacial score (nSPS) is 10.2. The highest BCUT2D eigenvalue weighted by atomic mass is 19.1. The number of rotatable bonds is 5. The number of halogens is 1. The van der Waals surface area contributed by atoms with E-state index in [4.69, 9.17) is 10.5 Å². The Labute approximate surface area is 122 Å². The predicted octanol–water partition coefficient (Wildman–Crippen LogP) is 2.59. The molecule has 1 amide bonds. The summed E-state index contributed by atoms with van der Waals surface area (Å²) in [6.45, 7) is 0.566. The van der Waals surface area contributed by atoms with Gasteiger partial charge in [0.05, 0.1) is 7.11 Å². The zero-order chi connectivity index (χ0) is 15.2. The third-order valence-electron chi connectivity index (χ3n) is 3.06. The van der Waals surface area contributed by atoms with E-state index < -0.39 is 5.82 Å². The van der Waals surface area contributed by atoms with Crippen LogP contribution in [-0.4, -0.2) is 19.6 Å². The van der Waals surface area contributed by atoms with Gasteiger partial charge in [-0.3, -0.25) is 4.79 Å². The average Bonchev–Trinajstić information content (AvgIpc) is 2.48. The fourth-order valence-corrected chi connectivity index (χ4v) is 1.94. The van der Waals surface area contributed by atoms with Crippen LogP contribution in [0.15, 0.2) is 42.5 Å². The molecular weight excluding hydrogens is 271 g/mol. The lowest BCUT2D eigenvalue weighted by atomic mass is 10.1. The van der Waals surface area contributed by atoms with Gasteiger partial charge in [-0.2, -0.15) is 0 Å². The lowest BCUT2D eigenvalue weighted by molar-refractivity contribution is 0.102. The van der Waals surface area contributed by atoms with Crippen molar-refractivity contribution in [3.63, 3.8) is 0 Å². The zero-order valence-electron chi connectivity index (χ0n) is 11.7. The molecule has 0 bridgehead atoms. The monoisotopic (exact) mass is 288 g/mol. The number of benzene rings is 2. The van der Waals surface area contributed by atoms with Gasteiger partial charge in [-0.15, -0.1) is 0 Å². The van der Waals surface area contributed by atoms with E-state index in [2.05, 4.69) is 5.32 Å². The molecule has 0 saturated carbocycles. The van der Waals surface area contributed by atoms with E-state index in [0.29, 0.717) is 17.8 Å². The van der Waals surface area contributed by atoms with Crippen LogP contribution in [0.5, 0.6) is 5.75 Å². The van der Waals surface area contributed by atoms with Gasteiger partial charge in [-0.25, -0.2) is 4.39 Å². The van der Waals surface area contributed by atoms with Gasteiger partial charge in [-0.05, 0) is 42.8 Å². The fraction of sp³-hybridized carbons (Fsp3) is 0.188. The predicted molar refractivity (Wildman–Crippen MR) is 80.1 cm³/mol. The molecule has 0 unspecified atom stereocenters. The van der Waals surface area contributed by atoms with Crippen LogP contribution in [0.25, 0.3) is 0 Å². The molecule has 0 saturated heterocycles. The zero-order valence-corrected chi connectivity index (χ0v) is 11.7. The van der Waals surface area contributed by atoms with E-state index >= 15 is 0 Å². The molecular formula is C16H17FN2O2. The van der Waals surface area contributed by atoms with Gasteiger partial charge < -0.3 is 15.8 Å². The van der Waals surface area contributed by atoms with Crippen LogP contribution < -0.4 is 15.8 Å². The summed E-state index contributed by atoms with van der Waals surface area (Å²) in [5, 5.41) is 2.64. The second-order valence-electron chi connectivity index (χ2n) is 4.54. The minimum absolute atomic E-state index is 0.138. The van der Waals surface area contributed by atoms with Gasteiger partial charge in [0.1, 0.15) is 0 Å². The molecule has 0 aliphatic heterocycles. The lowest BCUT2D eigenvalue weighted by Crippen LogP contribution is -2.12. The van der Waals surface area contributed by atoms with Crippen molar-refractivity contribution < 1.29 is 13.9 Å². The van der Waals surface area contributed by atoms with Crippen LogP contribution in [-0.2, 0) is 6.42 Å². The number of ether oxygens (including phenoxy) is 1. The first-order valence-electron chi connectivity index (χ1n) is 6.58. The van der Waals surface area contributed by atoms with Crippen molar-refractivity contribution in [1.82, 2.24) is 0 Å². The molecule has 0 heterocycles. The summed E-state index contributed by atoms with van der Waals surface area (Å²) in [6.07, 6.45) is 0.769. The number of hydrogen-bond acceptors (Lipinski definition) is 3. The number of carbonyl (C=O) groups excluding carboxylic acids is 1. The van der Waals surface area contributed by atoms with E-state index in [1.807, 2.05) is 12.1 Å². The first-order valence-corrected chi connectivity index (χ1v) is 6.58. The van der Waals surface area contributed by atoms with Crippen molar-refractivity contribution >= 4 is 11.6 Å². The topological polar surface area (TPSA) is 64.3 Å². The second-order valence-corrected chi connectivity index (χ2v) is 4.54. The van der Waals surface area contributed by atoms with Gasteiger partial charge in [0, 0.05) is 17.3 Å². The van der Waals surface area contributed by atoms with Crippen LogP contribution in [0, 0.1) is 5.82 Å².